The molecule has 0 saturated carbocycles. The van der Waals surface area contributed by atoms with E-state index in [1.54, 1.807) is 6.92 Å². The van der Waals surface area contributed by atoms with Gasteiger partial charge in [-0.05, 0) is 49.7 Å². The molecule has 1 N–H and O–H groups in total. The number of ketones is 1. The first-order chi connectivity index (χ1) is 12.5. The van der Waals surface area contributed by atoms with Gasteiger partial charge >= 0.3 is 0 Å². The highest BCUT2D eigenvalue weighted by Gasteiger charge is 2.19. The Bertz CT molecular complexity index is 778. The van der Waals surface area contributed by atoms with E-state index >= 15 is 0 Å². The zero-order chi connectivity index (χ0) is 18.5. The number of amides is 1. The molecule has 1 amide bonds. The summed E-state index contributed by atoms with van der Waals surface area (Å²) >= 11 is 0. The summed E-state index contributed by atoms with van der Waals surface area (Å²) in [6.07, 6.45) is 0. The number of carbonyl (C=O) groups is 2. The minimum absolute atomic E-state index is 0.0264. The summed E-state index contributed by atoms with van der Waals surface area (Å²) in [6.45, 7) is 7.41. The summed E-state index contributed by atoms with van der Waals surface area (Å²) in [5, 5.41) is 2.99. The van der Waals surface area contributed by atoms with Crippen LogP contribution in [0, 0.1) is 6.92 Å². The lowest BCUT2D eigenvalue weighted by molar-refractivity contribution is -0.117. The van der Waals surface area contributed by atoms with Crippen LogP contribution in [0.2, 0.25) is 0 Å². The number of hydrogen-bond donors (Lipinski definition) is 1. The van der Waals surface area contributed by atoms with Gasteiger partial charge in [0, 0.05) is 43.1 Å². The second-order valence-corrected chi connectivity index (χ2v) is 6.73. The normalized spacial score (nSPS) is 14.9. The van der Waals surface area contributed by atoms with Crippen LogP contribution in [0.25, 0.3) is 0 Å². The molecule has 1 saturated heterocycles. The number of hydrogen-bond acceptors (Lipinski definition) is 4. The molecule has 0 unspecified atom stereocenters. The lowest BCUT2D eigenvalue weighted by atomic mass is 10.1. The third kappa shape index (κ3) is 4.49. The molecule has 3 rings (SSSR count). The fourth-order valence-corrected chi connectivity index (χ4v) is 3.18. The molecule has 0 spiro atoms. The maximum Gasteiger partial charge on any atom is 0.238 e. The smallest absolute Gasteiger partial charge is 0.238 e. The van der Waals surface area contributed by atoms with Crippen LogP contribution in [-0.4, -0.2) is 49.3 Å². The lowest BCUT2D eigenvalue weighted by Crippen LogP contribution is -2.48. The van der Waals surface area contributed by atoms with Gasteiger partial charge in [-0.2, -0.15) is 0 Å². The van der Waals surface area contributed by atoms with Gasteiger partial charge in [0.15, 0.2) is 5.78 Å². The van der Waals surface area contributed by atoms with E-state index in [0.29, 0.717) is 6.54 Å². The monoisotopic (exact) mass is 351 g/mol. The van der Waals surface area contributed by atoms with Crippen LogP contribution < -0.4 is 10.2 Å². The number of nitrogens with zero attached hydrogens (tertiary/aromatic N) is 2. The predicted molar refractivity (Wildman–Crippen MR) is 105 cm³/mol. The van der Waals surface area contributed by atoms with Gasteiger partial charge in [-0.15, -0.1) is 0 Å². The van der Waals surface area contributed by atoms with Crippen molar-refractivity contribution in [3.63, 3.8) is 0 Å². The number of anilines is 2. The van der Waals surface area contributed by atoms with E-state index in [-0.39, 0.29) is 11.7 Å². The molecule has 2 aromatic rings. The molecule has 2 aromatic carbocycles. The van der Waals surface area contributed by atoms with Crippen molar-refractivity contribution in [3.8, 4) is 0 Å². The van der Waals surface area contributed by atoms with Crippen molar-refractivity contribution in [3.05, 3.63) is 59.7 Å². The SMILES string of the molecule is CC(=O)c1ccc(N2CCN(CC(=O)Nc3ccccc3C)CC2)cc1. The molecule has 5 nitrogen and oxygen atoms in total. The molecule has 0 bridgehead atoms. The number of benzene rings is 2. The quantitative estimate of drug-likeness (QED) is 0.842. The van der Waals surface area contributed by atoms with Crippen LogP contribution in [0.15, 0.2) is 48.5 Å². The van der Waals surface area contributed by atoms with Gasteiger partial charge in [0.1, 0.15) is 0 Å². The zero-order valence-corrected chi connectivity index (χ0v) is 15.4. The molecule has 1 aliphatic rings. The van der Waals surface area contributed by atoms with Gasteiger partial charge in [-0.3, -0.25) is 14.5 Å². The van der Waals surface area contributed by atoms with Gasteiger partial charge in [0.25, 0.3) is 0 Å². The van der Waals surface area contributed by atoms with Crippen molar-refractivity contribution in [1.82, 2.24) is 4.90 Å². The third-order valence-electron chi connectivity index (χ3n) is 4.80. The highest BCUT2D eigenvalue weighted by Crippen LogP contribution is 2.18. The Morgan fingerprint density at radius 1 is 0.962 bits per heavy atom. The third-order valence-corrected chi connectivity index (χ3v) is 4.80. The fraction of sp³-hybridized carbons (Fsp3) is 0.333. The van der Waals surface area contributed by atoms with Crippen LogP contribution in [0.4, 0.5) is 11.4 Å². The molecular formula is C21H25N3O2. The van der Waals surface area contributed by atoms with E-state index in [4.69, 9.17) is 0 Å². The predicted octanol–water partition coefficient (Wildman–Crippen LogP) is 2.96. The second-order valence-electron chi connectivity index (χ2n) is 6.73. The number of piperazine rings is 1. The molecule has 0 aliphatic carbocycles. The van der Waals surface area contributed by atoms with Crippen molar-refractivity contribution in [2.24, 2.45) is 0 Å². The Labute approximate surface area is 154 Å². The largest absolute Gasteiger partial charge is 0.369 e. The molecule has 1 heterocycles. The van der Waals surface area contributed by atoms with Crippen molar-refractivity contribution in [2.75, 3.05) is 42.9 Å². The molecular weight excluding hydrogens is 326 g/mol. The molecule has 5 heteroatoms. The average molecular weight is 351 g/mol. The summed E-state index contributed by atoms with van der Waals surface area (Å²) in [5.41, 5.74) is 3.81. The zero-order valence-electron chi connectivity index (χ0n) is 15.4. The van der Waals surface area contributed by atoms with Crippen LogP contribution in [0.1, 0.15) is 22.8 Å². The molecule has 0 atom stereocenters. The van der Waals surface area contributed by atoms with Gasteiger partial charge in [0.05, 0.1) is 6.54 Å². The Kier molecular flexibility index (Phi) is 5.68. The Hall–Kier alpha value is -2.66. The highest BCUT2D eigenvalue weighted by molar-refractivity contribution is 5.94. The minimum Gasteiger partial charge on any atom is -0.369 e. The van der Waals surface area contributed by atoms with E-state index in [1.165, 1.54) is 0 Å². The summed E-state index contributed by atoms with van der Waals surface area (Å²) < 4.78 is 0. The Morgan fingerprint density at radius 3 is 2.23 bits per heavy atom. The lowest BCUT2D eigenvalue weighted by Gasteiger charge is -2.35. The topological polar surface area (TPSA) is 52.7 Å². The minimum atomic E-state index is 0.0264. The molecule has 136 valence electrons. The second kappa shape index (κ2) is 8.15. The molecule has 1 aliphatic heterocycles. The van der Waals surface area contributed by atoms with Crippen LogP contribution >= 0.6 is 0 Å². The van der Waals surface area contributed by atoms with E-state index in [1.807, 2.05) is 55.5 Å². The van der Waals surface area contributed by atoms with Crippen molar-refractivity contribution < 1.29 is 9.59 Å². The number of aryl methyl sites for hydroxylation is 1. The number of rotatable bonds is 5. The van der Waals surface area contributed by atoms with Gasteiger partial charge in [0.2, 0.25) is 5.91 Å². The average Bonchev–Trinajstić information content (AvgIpc) is 2.64. The number of nitrogens with one attached hydrogen (secondary N) is 1. The molecule has 1 fully saturated rings. The first-order valence-electron chi connectivity index (χ1n) is 8.97. The van der Waals surface area contributed by atoms with E-state index < -0.39 is 0 Å². The Morgan fingerprint density at radius 2 is 1.62 bits per heavy atom. The number of para-hydroxylation sites is 1. The summed E-state index contributed by atoms with van der Waals surface area (Å²) in [4.78, 5) is 28.1. The standard InChI is InChI=1S/C21H25N3O2/c1-16-5-3-4-6-20(16)22-21(26)15-23-11-13-24(14-12-23)19-9-7-18(8-10-19)17(2)25/h3-10H,11-15H2,1-2H3,(H,22,26). The summed E-state index contributed by atoms with van der Waals surface area (Å²) in [7, 11) is 0. The van der Waals surface area contributed by atoms with Crippen LogP contribution in [0.3, 0.4) is 0 Å². The summed E-state index contributed by atoms with van der Waals surface area (Å²) in [5.74, 6) is 0.111. The van der Waals surface area contributed by atoms with Crippen LogP contribution in [0.5, 0.6) is 0 Å². The number of carbonyl (C=O) groups excluding carboxylic acids is 2. The molecule has 0 radical (unpaired) electrons. The highest BCUT2D eigenvalue weighted by atomic mass is 16.2. The first kappa shape index (κ1) is 18.1. The molecule has 0 aromatic heterocycles. The van der Waals surface area contributed by atoms with Crippen LogP contribution in [-0.2, 0) is 4.79 Å². The van der Waals surface area contributed by atoms with Crippen molar-refractivity contribution >= 4 is 23.1 Å². The van der Waals surface area contributed by atoms with Gasteiger partial charge in [-0.25, -0.2) is 0 Å². The van der Waals surface area contributed by atoms with E-state index in [2.05, 4.69) is 15.1 Å². The van der Waals surface area contributed by atoms with Crippen molar-refractivity contribution in [1.29, 1.82) is 0 Å². The maximum atomic E-state index is 12.3. The molecule has 26 heavy (non-hydrogen) atoms. The van der Waals surface area contributed by atoms with Gasteiger partial charge < -0.3 is 10.2 Å². The summed E-state index contributed by atoms with van der Waals surface area (Å²) in [6, 6.07) is 15.6. The number of Topliss-reactive ketones (excluding diaryl/α,β-unsaturated/α-hetero) is 1. The first-order valence-corrected chi connectivity index (χ1v) is 8.97. The van der Waals surface area contributed by atoms with E-state index in [9.17, 15) is 9.59 Å². The van der Waals surface area contributed by atoms with Crippen molar-refractivity contribution in [2.45, 2.75) is 13.8 Å². The van der Waals surface area contributed by atoms with Gasteiger partial charge in [-0.1, -0.05) is 18.2 Å². The fourth-order valence-electron chi connectivity index (χ4n) is 3.18. The van der Waals surface area contributed by atoms with E-state index in [0.717, 1.165) is 48.7 Å². The maximum absolute atomic E-state index is 12.3. The Balaban J connectivity index is 1.49.